The molecule has 0 aliphatic carbocycles. The van der Waals surface area contributed by atoms with Gasteiger partial charge in [0.2, 0.25) is 5.88 Å². The van der Waals surface area contributed by atoms with Gasteiger partial charge in [-0.15, -0.1) is 0 Å². The molecule has 1 heterocycles. The molecule has 0 saturated heterocycles. The Morgan fingerprint density at radius 3 is 2.67 bits per heavy atom. The van der Waals surface area contributed by atoms with E-state index >= 15 is 0 Å². The van der Waals surface area contributed by atoms with E-state index in [9.17, 15) is 13.2 Å². The van der Waals surface area contributed by atoms with Crippen LogP contribution in [0.4, 0.5) is 18.9 Å². The van der Waals surface area contributed by atoms with Crippen LogP contribution >= 0.6 is 0 Å². The number of aryl methyl sites for hydroxylation is 1. The molecule has 0 radical (unpaired) electrons. The predicted molar refractivity (Wildman–Crippen MR) is 49.6 cm³/mol. The molecular weight excluding hydrogens is 209 g/mol. The summed E-state index contributed by atoms with van der Waals surface area (Å²) in [5, 5.41) is 0. The van der Waals surface area contributed by atoms with Gasteiger partial charge in [0.25, 0.3) is 0 Å². The maximum absolute atomic E-state index is 11.8. The number of halogens is 3. The second-order valence-corrected chi connectivity index (χ2v) is 3.09. The Morgan fingerprint density at radius 1 is 1.47 bits per heavy atom. The van der Waals surface area contributed by atoms with E-state index in [0.29, 0.717) is 5.69 Å². The smallest absolute Gasteiger partial charge is 0.392 e. The molecule has 1 aromatic rings. The number of nitrogens with two attached hydrogens (primary N) is 1. The van der Waals surface area contributed by atoms with Crippen molar-refractivity contribution in [3.63, 3.8) is 0 Å². The molecule has 6 heteroatoms. The summed E-state index contributed by atoms with van der Waals surface area (Å²) >= 11 is 0. The van der Waals surface area contributed by atoms with E-state index in [1.165, 1.54) is 12.3 Å². The SMILES string of the molecule is Cc1cnc(OCCC(F)(F)F)cc1N. The van der Waals surface area contributed by atoms with Gasteiger partial charge in [-0.2, -0.15) is 13.2 Å². The highest BCUT2D eigenvalue weighted by molar-refractivity contribution is 5.47. The second kappa shape index (κ2) is 4.37. The highest BCUT2D eigenvalue weighted by atomic mass is 19.4. The van der Waals surface area contributed by atoms with E-state index in [-0.39, 0.29) is 5.88 Å². The maximum atomic E-state index is 11.8. The molecule has 84 valence electrons. The molecule has 0 atom stereocenters. The first kappa shape index (κ1) is 11.6. The van der Waals surface area contributed by atoms with Crippen molar-refractivity contribution in [3.8, 4) is 5.88 Å². The Labute approximate surface area is 85.1 Å². The van der Waals surface area contributed by atoms with Crippen molar-refractivity contribution >= 4 is 5.69 Å². The van der Waals surface area contributed by atoms with Gasteiger partial charge in [0, 0.05) is 18.0 Å². The third-order valence-corrected chi connectivity index (χ3v) is 1.76. The molecule has 1 rings (SSSR count). The topological polar surface area (TPSA) is 48.1 Å². The highest BCUT2D eigenvalue weighted by Crippen LogP contribution is 2.20. The summed E-state index contributed by atoms with van der Waals surface area (Å²) in [6.45, 7) is 1.31. The molecule has 0 fully saturated rings. The molecule has 0 saturated carbocycles. The van der Waals surface area contributed by atoms with Crippen LogP contribution in [0.3, 0.4) is 0 Å². The lowest BCUT2D eigenvalue weighted by Gasteiger charge is -2.08. The first-order valence-electron chi connectivity index (χ1n) is 4.30. The Bertz CT molecular complexity index is 339. The predicted octanol–water partition coefficient (Wildman–Crippen LogP) is 2.30. The number of pyridine rings is 1. The van der Waals surface area contributed by atoms with E-state index in [1.807, 2.05) is 0 Å². The first-order chi connectivity index (χ1) is 6.88. The van der Waals surface area contributed by atoms with Crippen molar-refractivity contribution in [2.45, 2.75) is 19.5 Å². The molecule has 2 N–H and O–H groups in total. The van der Waals surface area contributed by atoms with Gasteiger partial charge in [0.1, 0.15) is 0 Å². The van der Waals surface area contributed by atoms with Gasteiger partial charge in [-0.1, -0.05) is 0 Å². The lowest BCUT2D eigenvalue weighted by Crippen LogP contribution is -2.13. The molecule has 0 unspecified atom stereocenters. The van der Waals surface area contributed by atoms with Crippen LogP contribution in [-0.4, -0.2) is 17.8 Å². The minimum Gasteiger partial charge on any atom is -0.477 e. The fraction of sp³-hybridized carbons (Fsp3) is 0.444. The van der Waals surface area contributed by atoms with Crippen LogP contribution in [0.25, 0.3) is 0 Å². The molecule has 0 amide bonds. The van der Waals surface area contributed by atoms with Gasteiger partial charge >= 0.3 is 6.18 Å². The van der Waals surface area contributed by atoms with E-state index in [0.717, 1.165) is 5.56 Å². The zero-order valence-corrected chi connectivity index (χ0v) is 8.14. The minimum absolute atomic E-state index is 0.113. The van der Waals surface area contributed by atoms with Gasteiger partial charge < -0.3 is 10.5 Å². The van der Waals surface area contributed by atoms with Crippen molar-refractivity contribution in [1.29, 1.82) is 0 Å². The number of anilines is 1. The normalized spacial score (nSPS) is 11.5. The van der Waals surface area contributed by atoms with Crippen LogP contribution in [0.2, 0.25) is 0 Å². The van der Waals surface area contributed by atoms with Crippen molar-refractivity contribution in [3.05, 3.63) is 17.8 Å². The summed E-state index contributed by atoms with van der Waals surface area (Å²) in [7, 11) is 0. The molecule has 15 heavy (non-hydrogen) atoms. The van der Waals surface area contributed by atoms with E-state index in [4.69, 9.17) is 10.5 Å². The maximum Gasteiger partial charge on any atom is 0.392 e. The average Bonchev–Trinajstić information content (AvgIpc) is 2.09. The fourth-order valence-corrected chi connectivity index (χ4v) is 0.869. The number of hydrogen-bond acceptors (Lipinski definition) is 3. The van der Waals surface area contributed by atoms with Crippen LogP contribution in [0.1, 0.15) is 12.0 Å². The first-order valence-corrected chi connectivity index (χ1v) is 4.30. The van der Waals surface area contributed by atoms with Crippen LogP contribution in [0.15, 0.2) is 12.3 Å². The highest BCUT2D eigenvalue weighted by Gasteiger charge is 2.26. The summed E-state index contributed by atoms with van der Waals surface area (Å²) in [5.41, 5.74) is 6.75. The average molecular weight is 220 g/mol. The van der Waals surface area contributed by atoms with Gasteiger partial charge in [-0.05, 0) is 12.5 Å². The number of hydrogen-bond donors (Lipinski definition) is 1. The Kier molecular flexibility index (Phi) is 3.39. The van der Waals surface area contributed by atoms with Gasteiger partial charge in [0.05, 0.1) is 13.0 Å². The summed E-state index contributed by atoms with van der Waals surface area (Å²) in [5.74, 6) is 0.113. The molecule has 0 spiro atoms. The summed E-state index contributed by atoms with van der Waals surface area (Å²) in [6.07, 6.45) is -3.75. The number of ether oxygens (including phenoxy) is 1. The number of alkyl halides is 3. The molecule has 0 aromatic carbocycles. The van der Waals surface area contributed by atoms with Crippen LogP contribution in [0, 0.1) is 6.92 Å². The summed E-state index contributed by atoms with van der Waals surface area (Å²) < 4.78 is 40.1. The van der Waals surface area contributed by atoms with Crippen molar-refractivity contribution < 1.29 is 17.9 Å². The molecule has 0 aliphatic rings. The molecule has 3 nitrogen and oxygen atoms in total. The van der Waals surface area contributed by atoms with Gasteiger partial charge in [-0.3, -0.25) is 0 Å². The molecule has 0 bridgehead atoms. The van der Waals surface area contributed by atoms with Crippen molar-refractivity contribution in [2.75, 3.05) is 12.3 Å². The molecular formula is C9H11F3N2O. The van der Waals surface area contributed by atoms with Crippen molar-refractivity contribution in [2.24, 2.45) is 0 Å². The number of nitrogen functional groups attached to an aromatic ring is 1. The summed E-state index contributed by atoms with van der Waals surface area (Å²) in [4.78, 5) is 3.79. The standard InChI is InChI=1S/C9H11F3N2O/c1-6-5-14-8(4-7(6)13)15-3-2-9(10,11)12/h4-5H,2-3H2,1H3,(H2,13,14). The Hall–Kier alpha value is -1.46. The summed E-state index contributed by atoms with van der Waals surface area (Å²) in [6, 6.07) is 1.41. The van der Waals surface area contributed by atoms with Crippen LogP contribution in [0.5, 0.6) is 5.88 Å². The van der Waals surface area contributed by atoms with E-state index in [2.05, 4.69) is 4.98 Å². The molecule has 1 aromatic heterocycles. The van der Waals surface area contributed by atoms with Crippen LogP contribution in [-0.2, 0) is 0 Å². The Morgan fingerprint density at radius 2 is 2.13 bits per heavy atom. The largest absolute Gasteiger partial charge is 0.477 e. The van der Waals surface area contributed by atoms with Gasteiger partial charge in [0.15, 0.2) is 0 Å². The number of rotatable bonds is 3. The molecule has 0 aliphatic heterocycles. The lowest BCUT2D eigenvalue weighted by molar-refractivity contribution is -0.139. The quantitative estimate of drug-likeness (QED) is 0.850. The van der Waals surface area contributed by atoms with E-state index < -0.39 is 19.2 Å². The van der Waals surface area contributed by atoms with Gasteiger partial charge in [-0.25, -0.2) is 4.98 Å². The van der Waals surface area contributed by atoms with Crippen molar-refractivity contribution in [1.82, 2.24) is 4.98 Å². The monoisotopic (exact) mass is 220 g/mol. The zero-order valence-electron chi connectivity index (χ0n) is 8.14. The fourth-order valence-electron chi connectivity index (χ4n) is 0.869. The van der Waals surface area contributed by atoms with E-state index in [1.54, 1.807) is 6.92 Å². The Balaban J connectivity index is 2.48. The third-order valence-electron chi connectivity index (χ3n) is 1.76. The minimum atomic E-state index is -4.21. The second-order valence-electron chi connectivity index (χ2n) is 3.09. The zero-order chi connectivity index (χ0) is 11.5. The number of nitrogens with zero attached hydrogens (tertiary/aromatic N) is 1. The van der Waals surface area contributed by atoms with Crippen LogP contribution < -0.4 is 10.5 Å². The number of aromatic nitrogens is 1. The lowest BCUT2D eigenvalue weighted by atomic mass is 10.3. The third kappa shape index (κ3) is 4.05.